The van der Waals surface area contributed by atoms with E-state index < -0.39 is 12.2 Å². The average Bonchev–Trinajstić information content (AvgIpc) is 2.30. The van der Waals surface area contributed by atoms with E-state index in [2.05, 4.69) is 10.1 Å². The van der Waals surface area contributed by atoms with Gasteiger partial charge in [0.2, 0.25) is 0 Å². The summed E-state index contributed by atoms with van der Waals surface area (Å²) in [6, 6.07) is 4.79. The number of nitrogens with one attached hydrogen (secondary N) is 1. The maximum Gasteiger partial charge on any atom is 0.387 e. The van der Waals surface area contributed by atoms with Gasteiger partial charge in [0.15, 0.2) is 11.5 Å². The Morgan fingerprint density at radius 3 is 2.55 bits per heavy atom. The second kappa shape index (κ2) is 7.40. The van der Waals surface area contributed by atoms with Crippen molar-refractivity contribution in [3.8, 4) is 11.5 Å². The Morgan fingerprint density at radius 2 is 2.00 bits per heavy atom. The van der Waals surface area contributed by atoms with Crippen LogP contribution in [-0.2, 0) is 6.54 Å². The molecule has 0 spiro atoms. The topological polar surface area (TPSA) is 50.7 Å². The zero-order chi connectivity index (χ0) is 15.2. The third-order valence-electron chi connectivity index (χ3n) is 2.41. The third-order valence-corrected chi connectivity index (χ3v) is 2.41. The van der Waals surface area contributed by atoms with Gasteiger partial charge in [0.1, 0.15) is 0 Å². The van der Waals surface area contributed by atoms with Crippen LogP contribution in [0.5, 0.6) is 11.5 Å². The normalized spacial score (nSPS) is 11.8. The Morgan fingerprint density at radius 1 is 1.30 bits per heavy atom. The number of alkyl halides is 2. The molecule has 0 aliphatic carbocycles. The number of hydrogen-bond acceptors (Lipinski definition) is 4. The molecule has 0 saturated heterocycles. The van der Waals surface area contributed by atoms with Crippen molar-refractivity contribution in [2.45, 2.75) is 39.5 Å². The molecule has 1 aromatic rings. The molecule has 0 bridgehead atoms. The smallest absolute Gasteiger partial charge is 0.387 e. The van der Waals surface area contributed by atoms with Crippen LogP contribution >= 0.6 is 0 Å². The summed E-state index contributed by atoms with van der Waals surface area (Å²) in [5, 5.41) is 12.7. The van der Waals surface area contributed by atoms with Crippen LogP contribution in [0.15, 0.2) is 18.2 Å². The van der Waals surface area contributed by atoms with E-state index in [9.17, 15) is 13.9 Å². The highest BCUT2D eigenvalue weighted by Crippen LogP contribution is 2.29. The van der Waals surface area contributed by atoms with Gasteiger partial charge in [-0.1, -0.05) is 6.07 Å². The number of ether oxygens (including phenoxy) is 2. The number of halogens is 2. The lowest BCUT2D eigenvalue weighted by molar-refractivity contribution is -0.0514. The molecule has 4 nitrogen and oxygen atoms in total. The van der Waals surface area contributed by atoms with Gasteiger partial charge >= 0.3 is 6.61 Å². The monoisotopic (exact) mass is 289 g/mol. The van der Waals surface area contributed by atoms with Crippen molar-refractivity contribution in [1.82, 2.24) is 5.32 Å². The Kier molecular flexibility index (Phi) is 6.16. The van der Waals surface area contributed by atoms with E-state index in [1.54, 1.807) is 32.9 Å². The molecule has 0 aromatic heterocycles. The molecule has 0 unspecified atom stereocenters. The van der Waals surface area contributed by atoms with Crippen LogP contribution in [0.25, 0.3) is 0 Å². The molecule has 0 amide bonds. The van der Waals surface area contributed by atoms with Crippen LogP contribution in [0.4, 0.5) is 8.78 Å². The first-order valence-electron chi connectivity index (χ1n) is 6.45. The summed E-state index contributed by atoms with van der Waals surface area (Å²) >= 11 is 0. The Balaban J connectivity index is 2.71. The molecule has 0 radical (unpaired) electrons. The van der Waals surface area contributed by atoms with E-state index in [0.717, 1.165) is 5.56 Å². The number of rotatable bonds is 8. The minimum absolute atomic E-state index is 0.0214. The summed E-state index contributed by atoms with van der Waals surface area (Å²) in [4.78, 5) is 0. The van der Waals surface area contributed by atoms with Gasteiger partial charge in [-0.15, -0.1) is 0 Å². The van der Waals surface area contributed by atoms with Crippen LogP contribution < -0.4 is 14.8 Å². The largest absolute Gasteiger partial charge is 0.490 e. The fraction of sp³-hybridized carbons (Fsp3) is 0.571. The van der Waals surface area contributed by atoms with Crippen LogP contribution in [0.1, 0.15) is 26.3 Å². The van der Waals surface area contributed by atoms with Crippen LogP contribution in [0, 0.1) is 0 Å². The second-order valence-electron chi connectivity index (χ2n) is 5.01. The molecule has 0 atom stereocenters. The SMILES string of the molecule is CCOc1cc(CNCC(C)(C)O)ccc1OC(F)F. The fourth-order valence-electron chi connectivity index (χ4n) is 1.64. The van der Waals surface area contributed by atoms with Crippen LogP contribution in [0.3, 0.4) is 0 Å². The zero-order valence-corrected chi connectivity index (χ0v) is 12.0. The molecular weight excluding hydrogens is 268 g/mol. The Labute approximate surface area is 117 Å². The summed E-state index contributed by atoms with van der Waals surface area (Å²) in [7, 11) is 0. The lowest BCUT2D eigenvalue weighted by Gasteiger charge is -2.18. The average molecular weight is 289 g/mol. The second-order valence-corrected chi connectivity index (χ2v) is 5.01. The minimum Gasteiger partial charge on any atom is -0.490 e. The van der Waals surface area contributed by atoms with Crippen molar-refractivity contribution in [2.75, 3.05) is 13.2 Å². The molecule has 1 aromatic carbocycles. The molecular formula is C14H21F2NO3. The predicted octanol–water partition coefficient (Wildman–Crippen LogP) is 2.55. The highest BCUT2D eigenvalue weighted by molar-refractivity contribution is 5.43. The third kappa shape index (κ3) is 6.16. The van der Waals surface area contributed by atoms with Gasteiger partial charge in [0, 0.05) is 13.1 Å². The van der Waals surface area contributed by atoms with Crippen LogP contribution in [-0.4, -0.2) is 30.5 Å². The summed E-state index contributed by atoms with van der Waals surface area (Å²) < 4.78 is 34.2. The highest BCUT2D eigenvalue weighted by atomic mass is 19.3. The van der Waals surface area contributed by atoms with Crippen molar-refractivity contribution in [1.29, 1.82) is 0 Å². The molecule has 0 fully saturated rings. The van der Waals surface area contributed by atoms with Crippen molar-refractivity contribution in [3.05, 3.63) is 23.8 Å². The molecule has 20 heavy (non-hydrogen) atoms. The summed E-state index contributed by atoms with van der Waals surface area (Å²) in [5.74, 6) is 0.309. The molecule has 1 rings (SSSR count). The van der Waals surface area contributed by atoms with Crippen molar-refractivity contribution in [2.24, 2.45) is 0 Å². The van der Waals surface area contributed by atoms with E-state index in [1.807, 2.05) is 0 Å². The first-order chi connectivity index (χ1) is 9.31. The molecule has 0 saturated carbocycles. The summed E-state index contributed by atoms with van der Waals surface area (Å²) in [5.41, 5.74) is 0.0564. The van der Waals surface area contributed by atoms with Crippen molar-refractivity contribution < 1.29 is 23.4 Å². The number of hydrogen-bond donors (Lipinski definition) is 2. The lowest BCUT2D eigenvalue weighted by atomic mass is 10.1. The first kappa shape index (κ1) is 16.7. The predicted molar refractivity (Wildman–Crippen MR) is 72.2 cm³/mol. The van der Waals surface area contributed by atoms with Crippen molar-refractivity contribution in [3.63, 3.8) is 0 Å². The van der Waals surface area contributed by atoms with E-state index >= 15 is 0 Å². The Bertz CT molecular complexity index is 419. The maximum atomic E-state index is 12.3. The number of aliphatic hydroxyl groups is 1. The molecule has 0 aliphatic rings. The molecule has 0 heterocycles. The van der Waals surface area contributed by atoms with E-state index in [1.165, 1.54) is 6.07 Å². The van der Waals surface area contributed by atoms with Gasteiger partial charge in [-0.05, 0) is 38.5 Å². The number of benzene rings is 1. The van der Waals surface area contributed by atoms with Gasteiger partial charge in [-0.25, -0.2) is 0 Å². The van der Waals surface area contributed by atoms with Crippen molar-refractivity contribution >= 4 is 0 Å². The quantitative estimate of drug-likeness (QED) is 0.772. The zero-order valence-electron chi connectivity index (χ0n) is 12.0. The van der Waals surface area contributed by atoms with E-state index in [0.29, 0.717) is 19.7 Å². The van der Waals surface area contributed by atoms with E-state index in [4.69, 9.17) is 4.74 Å². The van der Waals surface area contributed by atoms with Gasteiger partial charge in [-0.3, -0.25) is 0 Å². The molecule has 2 N–H and O–H groups in total. The minimum atomic E-state index is -2.88. The molecule has 6 heteroatoms. The van der Waals surface area contributed by atoms with Gasteiger partial charge in [0.25, 0.3) is 0 Å². The van der Waals surface area contributed by atoms with Crippen LogP contribution in [0.2, 0.25) is 0 Å². The summed E-state index contributed by atoms with van der Waals surface area (Å²) in [6.45, 7) is 3.57. The van der Waals surface area contributed by atoms with Gasteiger partial charge < -0.3 is 19.9 Å². The fourth-order valence-corrected chi connectivity index (χ4v) is 1.64. The van der Waals surface area contributed by atoms with E-state index in [-0.39, 0.29) is 11.5 Å². The lowest BCUT2D eigenvalue weighted by Crippen LogP contribution is -2.34. The summed E-state index contributed by atoms with van der Waals surface area (Å²) in [6.07, 6.45) is 0. The highest BCUT2D eigenvalue weighted by Gasteiger charge is 2.13. The molecule has 114 valence electrons. The standard InChI is InChI=1S/C14H21F2NO3/c1-4-19-12-7-10(8-17-9-14(2,3)18)5-6-11(12)20-13(15)16/h5-7,13,17-18H,4,8-9H2,1-3H3. The first-order valence-corrected chi connectivity index (χ1v) is 6.45. The van der Waals surface area contributed by atoms with Gasteiger partial charge in [0.05, 0.1) is 12.2 Å². The maximum absolute atomic E-state index is 12.3. The Hall–Kier alpha value is -1.40. The van der Waals surface area contributed by atoms with Gasteiger partial charge in [-0.2, -0.15) is 8.78 Å². The molecule has 0 aliphatic heterocycles.